The van der Waals surface area contributed by atoms with Crippen molar-refractivity contribution in [2.24, 2.45) is 5.92 Å². The average molecular weight is 370 g/mol. The van der Waals surface area contributed by atoms with Gasteiger partial charge in [-0.25, -0.2) is 4.98 Å². The van der Waals surface area contributed by atoms with Crippen LogP contribution in [0.4, 0.5) is 5.69 Å². The minimum atomic E-state index is -0.715. The number of aromatic nitrogens is 1. The average Bonchev–Trinajstić information content (AvgIpc) is 2.67. The molecule has 7 nitrogen and oxygen atoms in total. The number of hydrogen-bond donors (Lipinski definition) is 1. The lowest BCUT2D eigenvalue weighted by molar-refractivity contribution is -0.385. The van der Waals surface area contributed by atoms with Crippen molar-refractivity contribution in [1.82, 2.24) is 4.98 Å². The summed E-state index contributed by atoms with van der Waals surface area (Å²) >= 11 is 0. The highest BCUT2D eigenvalue weighted by Crippen LogP contribution is 2.38. The summed E-state index contributed by atoms with van der Waals surface area (Å²) in [7, 11) is 1.47. The van der Waals surface area contributed by atoms with Crippen molar-refractivity contribution in [3.8, 4) is 17.0 Å². The van der Waals surface area contributed by atoms with Gasteiger partial charge in [-0.05, 0) is 43.1 Å². The molecule has 1 fully saturated rings. The van der Waals surface area contributed by atoms with E-state index >= 15 is 0 Å². The Balaban J connectivity index is 1.73. The van der Waals surface area contributed by atoms with E-state index in [0.717, 1.165) is 31.2 Å². The number of benzene rings is 1. The van der Waals surface area contributed by atoms with Gasteiger partial charge in [0.2, 0.25) is 0 Å². The van der Waals surface area contributed by atoms with Crippen LogP contribution in [0.1, 0.15) is 43.6 Å². The molecule has 27 heavy (non-hydrogen) atoms. The van der Waals surface area contributed by atoms with Gasteiger partial charge in [-0.1, -0.05) is 24.3 Å². The number of methoxy groups -OCH3 is 1. The van der Waals surface area contributed by atoms with Crippen molar-refractivity contribution >= 4 is 11.7 Å². The topological polar surface area (TPSA) is 103 Å². The molecule has 1 aromatic heterocycles. The van der Waals surface area contributed by atoms with Crippen molar-refractivity contribution in [3.63, 3.8) is 0 Å². The van der Waals surface area contributed by atoms with Gasteiger partial charge in [0.25, 0.3) is 5.69 Å². The Morgan fingerprint density at radius 1 is 1.26 bits per heavy atom. The van der Waals surface area contributed by atoms with E-state index in [1.165, 1.54) is 24.9 Å². The van der Waals surface area contributed by atoms with Gasteiger partial charge in [0.1, 0.15) is 11.9 Å². The van der Waals surface area contributed by atoms with E-state index in [0.29, 0.717) is 17.4 Å². The van der Waals surface area contributed by atoms with E-state index in [1.54, 1.807) is 0 Å². The normalized spacial score (nSPS) is 19.4. The second kappa shape index (κ2) is 8.16. The Kier molecular flexibility index (Phi) is 5.69. The number of aliphatic carboxylic acids is 1. The van der Waals surface area contributed by atoms with Crippen LogP contribution in [-0.4, -0.2) is 28.1 Å². The predicted molar refractivity (Wildman–Crippen MR) is 99.8 cm³/mol. The number of ether oxygens (including phenoxy) is 1. The lowest BCUT2D eigenvalue weighted by atomic mass is 9.77. The number of rotatable bonds is 6. The molecule has 0 amide bonds. The number of carbonyl (C=O) groups is 1. The fourth-order valence-electron chi connectivity index (χ4n) is 3.77. The molecule has 1 N–H and O–H groups in total. The van der Waals surface area contributed by atoms with Gasteiger partial charge >= 0.3 is 5.97 Å². The van der Waals surface area contributed by atoms with Gasteiger partial charge in [0.05, 0.1) is 18.1 Å². The van der Waals surface area contributed by atoms with Crippen LogP contribution >= 0.6 is 0 Å². The zero-order chi connectivity index (χ0) is 19.4. The molecule has 0 bridgehead atoms. The van der Waals surface area contributed by atoms with Crippen LogP contribution in [0.5, 0.6) is 5.75 Å². The lowest BCUT2D eigenvalue weighted by Gasteiger charge is -2.28. The maximum absolute atomic E-state index is 10.9. The van der Waals surface area contributed by atoms with E-state index < -0.39 is 10.9 Å². The molecule has 7 heteroatoms. The summed E-state index contributed by atoms with van der Waals surface area (Å²) in [6, 6.07) is 9.39. The van der Waals surface area contributed by atoms with Crippen LogP contribution in [0.25, 0.3) is 11.3 Å². The minimum absolute atomic E-state index is 0.106. The van der Waals surface area contributed by atoms with Gasteiger partial charge in [-0.2, -0.15) is 0 Å². The number of hydrogen-bond acceptors (Lipinski definition) is 5. The Hall–Kier alpha value is -2.96. The Labute approximate surface area is 157 Å². The van der Waals surface area contributed by atoms with E-state index in [9.17, 15) is 14.9 Å². The highest BCUT2D eigenvalue weighted by Gasteiger charge is 2.24. The molecular formula is C20H22N2O5. The molecule has 0 unspecified atom stereocenters. The highest BCUT2D eigenvalue weighted by molar-refractivity contribution is 5.68. The fourth-order valence-corrected chi connectivity index (χ4v) is 3.77. The maximum atomic E-state index is 10.9. The lowest BCUT2D eigenvalue weighted by Crippen LogP contribution is -2.16. The number of carboxylic acids is 1. The molecule has 1 heterocycles. The van der Waals surface area contributed by atoms with Gasteiger partial charge in [-0.15, -0.1) is 0 Å². The first-order valence-corrected chi connectivity index (χ1v) is 8.98. The largest absolute Gasteiger partial charge is 0.494 e. The van der Waals surface area contributed by atoms with E-state index in [1.807, 2.05) is 12.1 Å². The van der Waals surface area contributed by atoms with Crippen molar-refractivity contribution in [1.29, 1.82) is 0 Å². The number of nitro groups is 1. The Bertz CT molecular complexity index is 827. The molecule has 2 aromatic rings. The zero-order valence-electron chi connectivity index (χ0n) is 15.1. The van der Waals surface area contributed by atoms with Crippen molar-refractivity contribution in [2.75, 3.05) is 7.11 Å². The molecule has 1 aliphatic carbocycles. The quantitative estimate of drug-likeness (QED) is 0.597. The number of pyridine rings is 1. The Morgan fingerprint density at radius 3 is 2.48 bits per heavy atom. The van der Waals surface area contributed by atoms with Gasteiger partial charge < -0.3 is 9.84 Å². The number of carboxylic acid groups (broad SMARTS) is 1. The molecule has 0 aliphatic heterocycles. The van der Waals surface area contributed by atoms with Crippen LogP contribution in [0.3, 0.4) is 0 Å². The SMILES string of the molecule is COc1cc([N+](=O)[O-])cnc1-c1ccc(C2CCC(CC(=O)O)CC2)cc1. The van der Waals surface area contributed by atoms with E-state index in [2.05, 4.69) is 17.1 Å². The maximum Gasteiger partial charge on any atom is 0.303 e. The summed E-state index contributed by atoms with van der Waals surface area (Å²) in [5.74, 6) is 0.376. The molecule has 1 aromatic carbocycles. The summed E-state index contributed by atoms with van der Waals surface area (Å²) in [5.41, 5.74) is 2.53. The van der Waals surface area contributed by atoms with Crippen molar-refractivity contribution in [2.45, 2.75) is 38.0 Å². The van der Waals surface area contributed by atoms with Crippen LogP contribution < -0.4 is 4.74 Å². The fraction of sp³-hybridized carbons (Fsp3) is 0.400. The molecule has 0 radical (unpaired) electrons. The summed E-state index contributed by atoms with van der Waals surface area (Å²) in [6.45, 7) is 0. The summed E-state index contributed by atoms with van der Waals surface area (Å²) in [4.78, 5) is 25.4. The smallest absolute Gasteiger partial charge is 0.303 e. The third-order valence-electron chi connectivity index (χ3n) is 5.23. The van der Waals surface area contributed by atoms with Crippen LogP contribution in [0.2, 0.25) is 0 Å². The molecule has 1 saturated carbocycles. The summed E-state index contributed by atoms with van der Waals surface area (Å²) in [6.07, 6.45) is 5.37. The van der Waals surface area contributed by atoms with Crippen molar-refractivity contribution in [3.05, 3.63) is 52.2 Å². The monoisotopic (exact) mass is 370 g/mol. The van der Waals surface area contributed by atoms with E-state index in [-0.39, 0.29) is 18.0 Å². The van der Waals surface area contributed by atoms with Gasteiger partial charge in [0, 0.05) is 12.0 Å². The standard InChI is InChI=1S/C20H22N2O5/c1-27-18-11-17(22(25)26)12-21-20(18)16-8-6-15(7-9-16)14-4-2-13(3-5-14)10-19(23)24/h6-9,11-14H,2-5,10H2,1H3,(H,23,24). The second-order valence-corrected chi connectivity index (χ2v) is 6.94. The van der Waals surface area contributed by atoms with Crippen LogP contribution in [0, 0.1) is 16.0 Å². The molecular weight excluding hydrogens is 348 g/mol. The van der Waals surface area contributed by atoms with Crippen LogP contribution in [0.15, 0.2) is 36.5 Å². The summed E-state index contributed by atoms with van der Waals surface area (Å²) in [5, 5.41) is 19.8. The first-order chi connectivity index (χ1) is 13.0. The minimum Gasteiger partial charge on any atom is -0.494 e. The first kappa shape index (κ1) is 18.8. The van der Waals surface area contributed by atoms with E-state index in [4.69, 9.17) is 9.84 Å². The third kappa shape index (κ3) is 4.42. The number of nitrogens with zero attached hydrogens (tertiary/aromatic N) is 2. The second-order valence-electron chi connectivity index (χ2n) is 6.94. The molecule has 142 valence electrons. The molecule has 3 rings (SSSR count). The molecule has 0 atom stereocenters. The van der Waals surface area contributed by atoms with Crippen LogP contribution in [-0.2, 0) is 4.79 Å². The van der Waals surface area contributed by atoms with Gasteiger partial charge in [-0.3, -0.25) is 14.9 Å². The van der Waals surface area contributed by atoms with Crippen molar-refractivity contribution < 1.29 is 19.6 Å². The Morgan fingerprint density at radius 2 is 1.93 bits per heavy atom. The summed E-state index contributed by atoms with van der Waals surface area (Å²) < 4.78 is 5.27. The molecule has 1 aliphatic rings. The first-order valence-electron chi connectivity index (χ1n) is 8.98. The molecule has 0 saturated heterocycles. The molecule has 0 spiro atoms. The predicted octanol–water partition coefficient (Wildman–Crippen LogP) is 4.41. The van der Waals surface area contributed by atoms with Gasteiger partial charge in [0.15, 0.2) is 5.75 Å². The highest BCUT2D eigenvalue weighted by atomic mass is 16.6. The zero-order valence-corrected chi connectivity index (χ0v) is 15.1. The third-order valence-corrected chi connectivity index (χ3v) is 5.23.